The lowest BCUT2D eigenvalue weighted by atomic mass is 9.85. The van der Waals surface area contributed by atoms with E-state index in [1.165, 1.54) is 6.42 Å². The van der Waals surface area contributed by atoms with Crippen LogP contribution in [-0.2, 0) is 4.79 Å². The van der Waals surface area contributed by atoms with E-state index in [1.807, 2.05) is 0 Å². The normalized spacial score (nSPS) is 40.1. The number of carbonyl (C=O) groups is 1. The monoisotopic (exact) mass is 224 g/mol. The number of nitrogens with zero attached hydrogens (tertiary/aromatic N) is 1. The third kappa shape index (κ3) is 2.10. The van der Waals surface area contributed by atoms with Crippen LogP contribution in [0.1, 0.15) is 40.0 Å². The molecule has 0 aromatic rings. The van der Waals surface area contributed by atoms with Crippen LogP contribution in [0.3, 0.4) is 0 Å². The Labute approximate surface area is 98.6 Å². The molecule has 3 nitrogen and oxygen atoms in total. The first kappa shape index (κ1) is 11.9. The van der Waals surface area contributed by atoms with Crippen LogP contribution in [0.5, 0.6) is 0 Å². The minimum Gasteiger partial charge on any atom is -0.339 e. The number of nitrogens with one attached hydrogen (secondary N) is 1. The van der Waals surface area contributed by atoms with Gasteiger partial charge in [-0.1, -0.05) is 6.92 Å². The predicted octanol–water partition coefficient (Wildman–Crippen LogP) is 1.63. The third-order valence-electron chi connectivity index (χ3n) is 4.28. The molecule has 2 fully saturated rings. The van der Waals surface area contributed by atoms with Crippen LogP contribution in [0.15, 0.2) is 0 Å². The minimum absolute atomic E-state index is 0.144. The summed E-state index contributed by atoms with van der Waals surface area (Å²) in [6, 6.07) is 0.425. The summed E-state index contributed by atoms with van der Waals surface area (Å²) < 4.78 is 0. The van der Waals surface area contributed by atoms with Crippen LogP contribution < -0.4 is 5.32 Å². The first-order valence-corrected chi connectivity index (χ1v) is 6.55. The Balaban J connectivity index is 2.04. The summed E-state index contributed by atoms with van der Waals surface area (Å²) in [6.45, 7) is 9.39. The van der Waals surface area contributed by atoms with E-state index in [0.29, 0.717) is 11.9 Å². The molecule has 1 N–H and O–H groups in total. The van der Waals surface area contributed by atoms with E-state index in [1.54, 1.807) is 0 Å². The molecular formula is C13H24N2O. The van der Waals surface area contributed by atoms with E-state index in [-0.39, 0.29) is 5.41 Å². The Morgan fingerprint density at radius 2 is 2.19 bits per heavy atom. The van der Waals surface area contributed by atoms with Gasteiger partial charge in [0.2, 0.25) is 5.91 Å². The van der Waals surface area contributed by atoms with Crippen LogP contribution in [0.25, 0.3) is 0 Å². The molecule has 2 saturated heterocycles. The summed E-state index contributed by atoms with van der Waals surface area (Å²) in [5, 5.41) is 3.31. The van der Waals surface area contributed by atoms with Crippen molar-refractivity contribution in [1.82, 2.24) is 10.2 Å². The van der Waals surface area contributed by atoms with Gasteiger partial charge in [-0.3, -0.25) is 4.79 Å². The Morgan fingerprint density at radius 1 is 1.44 bits per heavy atom. The Bertz CT molecular complexity index is 271. The zero-order valence-electron chi connectivity index (χ0n) is 10.8. The molecule has 0 aliphatic carbocycles. The first-order valence-electron chi connectivity index (χ1n) is 6.55. The minimum atomic E-state index is -0.144. The molecule has 3 unspecified atom stereocenters. The SMILES string of the molecule is CC1CCN(C(=O)C2(C)CCNC2)C(C)C1. The lowest BCUT2D eigenvalue weighted by Gasteiger charge is -2.40. The fourth-order valence-electron chi connectivity index (χ4n) is 3.06. The number of hydrogen-bond acceptors (Lipinski definition) is 2. The standard InChI is InChI=1S/C13H24N2O/c1-10-4-7-15(11(2)8-10)12(16)13(3)5-6-14-9-13/h10-11,14H,4-9H2,1-3H3. The van der Waals surface area contributed by atoms with Crippen molar-refractivity contribution in [3.63, 3.8) is 0 Å². The van der Waals surface area contributed by atoms with Crippen LogP contribution in [0, 0.1) is 11.3 Å². The maximum absolute atomic E-state index is 12.5. The van der Waals surface area contributed by atoms with Crippen molar-refractivity contribution in [1.29, 1.82) is 0 Å². The zero-order chi connectivity index (χ0) is 11.8. The molecule has 0 spiro atoms. The van der Waals surface area contributed by atoms with Gasteiger partial charge in [-0.05, 0) is 45.6 Å². The molecule has 2 rings (SSSR count). The summed E-state index contributed by atoms with van der Waals surface area (Å²) in [4.78, 5) is 14.6. The van der Waals surface area contributed by atoms with Crippen LogP contribution in [-0.4, -0.2) is 36.5 Å². The first-order chi connectivity index (χ1) is 7.53. The van der Waals surface area contributed by atoms with Gasteiger partial charge in [-0.2, -0.15) is 0 Å². The quantitative estimate of drug-likeness (QED) is 0.734. The van der Waals surface area contributed by atoms with Crippen molar-refractivity contribution >= 4 is 5.91 Å². The highest BCUT2D eigenvalue weighted by Crippen LogP contribution is 2.31. The Kier molecular flexibility index (Phi) is 3.24. The summed E-state index contributed by atoms with van der Waals surface area (Å²) in [7, 11) is 0. The van der Waals surface area contributed by atoms with E-state index in [9.17, 15) is 4.79 Å². The van der Waals surface area contributed by atoms with Crippen molar-refractivity contribution in [3.8, 4) is 0 Å². The van der Waals surface area contributed by atoms with Gasteiger partial charge in [0, 0.05) is 19.1 Å². The zero-order valence-corrected chi connectivity index (χ0v) is 10.8. The average molecular weight is 224 g/mol. The van der Waals surface area contributed by atoms with Gasteiger partial charge in [-0.25, -0.2) is 0 Å². The smallest absolute Gasteiger partial charge is 0.230 e. The highest BCUT2D eigenvalue weighted by Gasteiger charge is 2.41. The highest BCUT2D eigenvalue weighted by molar-refractivity contribution is 5.83. The summed E-state index contributed by atoms with van der Waals surface area (Å²) >= 11 is 0. The number of carbonyl (C=O) groups excluding carboxylic acids is 1. The van der Waals surface area contributed by atoms with E-state index in [2.05, 4.69) is 31.0 Å². The number of rotatable bonds is 1. The van der Waals surface area contributed by atoms with Crippen LogP contribution >= 0.6 is 0 Å². The molecule has 3 atom stereocenters. The van der Waals surface area contributed by atoms with Gasteiger partial charge >= 0.3 is 0 Å². The van der Waals surface area contributed by atoms with E-state index in [4.69, 9.17) is 0 Å². The van der Waals surface area contributed by atoms with Gasteiger partial charge in [0.05, 0.1) is 5.41 Å². The molecular weight excluding hydrogens is 200 g/mol. The second-order valence-corrected chi connectivity index (χ2v) is 5.96. The Hall–Kier alpha value is -0.570. The number of amides is 1. The largest absolute Gasteiger partial charge is 0.339 e. The lowest BCUT2D eigenvalue weighted by Crippen LogP contribution is -2.50. The molecule has 0 saturated carbocycles. The van der Waals surface area contributed by atoms with Crippen molar-refractivity contribution in [3.05, 3.63) is 0 Å². The van der Waals surface area contributed by atoms with Gasteiger partial charge in [0.25, 0.3) is 0 Å². The molecule has 0 aromatic carbocycles. The molecule has 2 aliphatic rings. The van der Waals surface area contributed by atoms with Gasteiger partial charge in [0.1, 0.15) is 0 Å². The van der Waals surface area contributed by atoms with Crippen molar-refractivity contribution in [2.45, 2.75) is 46.1 Å². The van der Waals surface area contributed by atoms with Gasteiger partial charge < -0.3 is 10.2 Å². The lowest BCUT2D eigenvalue weighted by molar-refractivity contribution is -0.144. The second-order valence-electron chi connectivity index (χ2n) is 5.96. The van der Waals surface area contributed by atoms with E-state index < -0.39 is 0 Å². The second kappa shape index (κ2) is 4.36. The summed E-state index contributed by atoms with van der Waals surface area (Å²) in [5.41, 5.74) is -0.144. The third-order valence-corrected chi connectivity index (χ3v) is 4.28. The van der Waals surface area contributed by atoms with E-state index >= 15 is 0 Å². The molecule has 3 heteroatoms. The fourth-order valence-corrected chi connectivity index (χ4v) is 3.06. The molecule has 92 valence electrons. The maximum atomic E-state index is 12.5. The van der Waals surface area contributed by atoms with Crippen LogP contribution in [0.2, 0.25) is 0 Å². The molecule has 1 amide bonds. The molecule has 2 aliphatic heterocycles. The molecule has 0 bridgehead atoms. The number of hydrogen-bond donors (Lipinski definition) is 1. The van der Waals surface area contributed by atoms with Crippen molar-refractivity contribution in [2.75, 3.05) is 19.6 Å². The van der Waals surface area contributed by atoms with Gasteiger partial charge in [0.15, 0.2) is 0 Å². The molecule has 0 radical (unpaired) electrons. The highest BCUT2D eigenvalue weighted by atomic mass is 16.2. The molecule has 0 aromatic heterocycles. The van der Waals surface area contributed by atoms with Crippen molar-refractivity contribution in [2.24, 2.45) is 11.3 Å². The van der Waals surface area contributed by atoms with Crippen molar-refractivity contribution < 1.29 is 4.79 Å². The van der Waals surface area contributed by atoms with Crippen LogP contribution in [0.4, 0.5) is 0 Å². The number of likely N-dealkylation sites (tertiary alicyclic amines) is 1. The number of piperidine rings is 1. The molecule has 2 heterocycles. The topological polar surface area (TPSA) is 32.3 Å². The van der Waals surface area contributed by atoms with E-state index in [0.717, 1.165) is 38.4 Å². The fraction of sp³-hybridized carbons (Fsp3) is 0.923. The Morgan fingerprint density at radius 3 is 2.75 bits per heavy atom. The van der Waals surface area contributed by atoms with Gasteiger partial charge in [-0.15, -0.1) is 0 Å². The summed E-state index contributed by atoms with van der Waals surface area (Å²) in [5.74, 6) is 1.14. The molecule has 16 heavy (non-hydrogen) atoms. The summed E-state index contributed by atoms with van der Waals surface area (Å²) in [6.07, 6.45) is 3.32. The average Bonchev–Trinajstić information content (AvgIpc) is 2.66. The predicted molar refractivity (Wildman–Crippen MR) is 65.2 cm³/mol. The maximum Gasteiger partial charge on any atom is 0.230 e.